The minimum Gasteiger partial charge on any atom is -0.493 e. The first kappa shape index (κ1) is 8.10. The van der Waals surface area contributed by atoms with E-state index in [1.165, 1.54) is 0 Å². The summed E-state index contributed by atoms with van der Waals surface area (Å²) in [7, 11) is 0. The Bertz CT molecular complexity index is 333. The first-order valence-electron chi connectivity index (χ1n) is 4.21. The van der Waals surface area contributed by atoms with Crippen LogP contribution in [0.1, 0.15) is 17.9 Å². The van der Waals surface area contributed by atoms with Crippen LogP contribution in [0.5, 0.6) is 5.75 Å². The lowest BCUT2D eigenvalue weighted by molar-refractivity contribution is -0.137. The van der Waals surface area contributed by atoms with Gasteiger partial charge in [-0.2, -0.15) is 0 Å². The van der Waals surface area contributed by atoms with E-state index in [1.54, 1.807) is 0 Å². The maximum absolute atomic E-state index is 10.5. The predicted octanol–water partition coefficient (Wildman–Crippen LogP) is 1.64. The fourth-order valence-corrected chi connectivity index (χ4v) is 1.61. The number of benzene rings is 1. The fourth-order valence-electron chi connectivity index (χ4n) is 1.61. The molecule has 3 nitrogen and oxygen atoms in total. The van der Waals surface area contributed by atoms with Crippen LogP contribution in [0.15, 0.2) is 24.3 Å². The molecule has 0 spiro atoms. The van der Waals surface area contributed by atoms with Gasteiger partial charge in [0.05, 0.1) is 13.0 Å². The summed E-state index contributed by atoms with van der Waals surface area (Å²) < 4.78 is 5.35. The summed E-state index contributed by atoms with van der Waals surface area (Å²) in [5.41, 5.74) is 1.02. The van der Waals surface area contributed by atoms with Gasteiger partial charge in [0.15, 0.2) is 0 Å². The van der Waals surface area contributed by atoms with Gasteiger partial charge in [0.1, 0.15) is 5.75 Å². The Hall–Kier alpha value is -1.51. The fraction of sp³-hybridized carbons (Fsp3) is 0.300. The summed E-state index contributed by atoms with van der Waals surface area (Å²) >= 11 is 0. The van der Waals surface area contributed by atoms with Crippen molar-refractivity contribution < 1.29 is 14.6 Å². The highest BCUT2D eigenvalue weighted by Gasteiger charge is 2.25. The molecular weight excluding hydrogens is 168 g/mol. The number of carboxylic acids is 1. The number of carbonyl (C=O) groups is 1. The van der Waals surface area contributed by atoms with Crippen molar-refractivity contribution >= 4 is 5.97 Å². The zero-order valence-corrected chi connectivity index (χ0v) is 7.06. The smallest absolute Gasteiger partial charge is 0.304 e. The van der Waals surface area contributed by atoms with Gasteiger partial charge < -0.3 is 9.84 Å². The third-order valence-corrected chi connectivity index (χ3v) is 2.22. The Balaban J connectivity index is 2.23. The van der Waals surface area contributed by atoms with Gasteiger partial charge in [-0.3, -0.25) is 4.79 Å². The summed E-state index contributed by atoms with van der Waals surface area (Å²) in [6.45, 7) is 0.492. The standard InChI is InChI=1S/C10H10O3/c11-10(12)5-7-6-13-9-4-2-1-3-8(7)9/h1-4,7H,5-6H2,(H,11,12)/t7-/m1/s1. The average molecular weight is 178 g/mol. The molecule has 0 bridgehead atoms. The van der Waals surface area contributed by atoms with Gasteiger partial charge in [-0.25, -0.2) is 0 Å². The Morgan fingerprint density at radius 3 is 3.08 bits per heavy atom. The second-order valence-electron chi connectivity index (χ2n) is 3.14. The van der Waals surface area contributed by atoms with Crippen LogP contribution in [0.4, 0.5) is 0 Å². The quantitative estimate of drug-likeness (QED) is 0.748. The number of para-hydroxylation sites is 1. The molecule has 1 heterocycles. The molecule has 1 N–H and O–H groups in total. The number of aliphatic carboxylic acids is 1. The first-order chi connectivity index (χ1) is 6.27. The van der Waals surface area contributed by atoms with Crippen molar-refractivity contribution in [1.82, 2.24) is 0 Å². The molecule has 68 valence electrons. The largest absolute Gasteiger partial charge is 0.493 e. The molecule has 0 saturated carbocycles. The molecule has 3 heteroatoms. The van der Waals surface area contributed by atoms with Crippen LogP contribution in [-0.4, -0.2) is 17.7 Å². The number of fused-ring (bicyclic) bond motifs is 1. The van der Waals surface area contributed by atoms with E-state index >= 15 is 0 Å². The molecule has 0 aliphatic carbocycles. The van der Waals surface area contributed by atoms with E-state index in [0.29, 0.717) is 6.61 Å². The van der Waals surface area contributed by atoms with E-state index in [-0.39, 0.29) is 12.3 Å². The van der Waals surface area contributed by atoms with E-state index in [9.17, 15) is 4.79 Å². The minimum absolute atomic E-state index is 0.0219. The number of rotatable bonds is 2. The second kappa shape index (κ2) is 3.09. The molecule has 1 atom stereocenters. The van der Waals surface area contributed by atoms with Gasteiger partial charge in [-0.15, -0.1) is 0 Å². The van der Waals surface area contributed by atoms with Gasteiger partial charge in [0, 0.05) is 11.5 Å². The van der Waals surface area contributed by atoms with Crippen molar-refractivity contribution in [3.8, 4) is 5.75 Å². The van der Waals surface area contributed by atoms with E-state index in [2.05, 4.69) is 0 Å². The van der Waals surface area contributed by atoms with Crippen LogP contribution in [0.25, 0.3) is 0 Å². The summed E-state index contributed by atoms with van der Waals surface area (Å²) in [6, 6.07) is 7.59. The van der Waals surface area contributed by atoms with Crippen molar-refractivity contribution in [2.75, 3.05) is 6.61 Å². The summed E-state index contributed by atoms with van der Waals surface area (Å²) in [4.78, 5) is 10.5. The third-order valence-electron chi connectivity index (χ3n) is 2.22. The lowest BCUT2D eigenvalue weighted by Crippen LogP contribution is -2.07. The van der Waals surface area contributed by atoms with Gasteiger partial charge >= 0.3 is 5.97 Å². The average Bonchev–Trinajstić information content (AvgIpc) is 2.48. The number of ether oxygens (including phenoxy) is 1. The maximum Gasteiger partial charge on any atom is 0.304 e. The molecule has 13 heavy (non-hydrogen) atoms. The van der Waals surface area contributed by atoms with E-state index in [0.717, 1.165) is 11.3 Å². The lowest BCUT2D eigenvalue weighted by Gasteiger charge is -2.03. The molecule has 1 aliphatic rings. The molecule has 2 rings (SSSR count). The molecule has 0 unspecified atom stereocenters. The van der Waals surface area contributed by atoms with Crippen molar-refractivity contribution in [1.29, 1.82) is 0 Å². The van der Waals surface area contributed by atoms with Crippen LogP contribution in [-0.2, 0) is 4.79 Å². The first-order valence-corrected chi connectivity index (χ1v) is 4.21. The van der Waals surface area contributed by atoms with E-state index < -0.39 is 5.97 Å². The Morgan fingerprint density at radius 2 is 2.31 bits per heavy atom. The SMILES string of the molecule is O=C(O)C[C@@H]1COc2ccccc21. The van der Waals surface area contributed by atoms with Crippen molar-refractivity contribution in [3.63, 3.8) is 0 Å². The monoisotopic (exact) mass is 178 g/mol. The molecule has 0 saturated heterocycles. The number of hydrogen-bond donors (Lipinski definition) is 1. The number of hydrogen-bond acceptors (Lipinski definition) is 2. The summed E-state index contributed by atoms with van der Waals surface area (Å²) in [5.74, 6) is 0.0766. The highest BCUT2D eigenvalue weighted by Crippen LogP contribution is 2.35. The highest BCUT2D eigenvalue weighted by atomic mass is 16.5. The Labute approximate surface area is 76.0 Å². The molecular formula is C10H10O3. The third kappa shape index (κ3) is 1.49. The van der Waals surface area contributed by atoms with E-state index in [1.807, 2.05) is 24.3 Å². The molecule has 0 fully saturated rings. The second-order valence-corrected chi connectivity index (χ2v) is 3.14. The molecule has 0 radical (unpaired) electrons. The van der Waals surface area contributed by atoms with Gasteiger partial charge in [0.25, 0.3) is 0 Å². The Kier molecular flexibility index (Phi) is 1.93. The zero-order chi connectivity index (χ0) is 9.26. The van der Waals surface area contributed by atoms with Gasteiger partial charge in [-0.1, -0.05) is 18.2 Å². The van der Waals surface area contributed by atoms with Crippen LogP contribution in [0, 0.1) is 0 Å². The molecule has 0 amide bonds. The topological polar surface area (TPSA) is 46.5 Å². The summed E-state index contributed by atoms with van der Waals surface area (Å²) in [5, 5.41) is 8.64. The molecule has 1 aliphatic heterocycles. The minimum atomic E-state index is -0.773. The highest BCUT2D eigenvalue weighted by molar-refractivity contribution is 5.68. The zero-order valence-electron chi connectivity index (χ0n) is 7.06. The Morgan fingerprint density at radius 1 is 1.54 bits per heavy atom. The predicted molar refractivity (Wildman–Crippen MR) is 46.9 cm³/mol. The van der Waals surface area contributed by atoms with Crippen molar-refractivity contribution in [2.24, 2.45) is 0 Å². The lowest BCUT2D eigenvalue weighted by atomic mass is 9.98. The van der Waals surface area contributed by atoms with Crippen LogP contribution in [0.3, 0.4) is 0 Å². The van der Waals surface area contributed by atoms with Crippen LogP contribution in [0.2, 0.25) is 0 Å². The van der Waals surface area contributed by atoms with Gasteiger partial charge in [-0.05, 0) is 6.07 Å². The summed E-state index contributed by atoms with van der Waals surface area (Å²) in [6.07, 6.45) is 0.150. The normalized spacial score (nSPS) is 19.2. The van der Waals surface area contributed by atoms with Crippen molar-refractivity contribution in [2.45, 2.75) is 12.3 Å². The van der Waals surface area contributed by atoms with Crippen LogP contribution < -0.4 is 4.74 Å². The number of carboxylic acid groups (broad SMARTS) is 1. The van der Waals surface area contributed by atoms with E-state index in [4.69, 9.17) is 9.84 Å². The van der Waals surface area contributed by atoms with Crippen LogP contribution >= 0.6 is 0 Å². The molecule has 1 aromatic carbocycles. The van der Waals surface area contributed by atoms with Gasteiger partial charge in [0.2, 0.25) is 0 Å². The molecule has 0 aromatic heterocycles. The molecule has 1 aromatic rings. The van der Waals surface area contributed by atoms with Crippen molar-refractivity contribution in [3.05, 3.63) is 29.8 Å². The maximum atomic E-state index is 10.5.